The van der Waals surface area contributed by atoms with Crippen LogP contribution >= 0.6 is 0 Å². The van der Waals surface area contributed by atoms with Crippen molar-refractivity contribution in [3.8, 4) is 28.7 Å². The number of hydrogen-bond donors (Lipinski definition) is 0. The normalized spacial score (nSPS) is 10.5. The highest BCUT2D eigenvalue weighted by Gasteiger charge is 2.10. The van der Waals surface area contributed by atoms with E-state index in [0.29, 0.717) is 17.5 Å². The van der Waals surface area contributed by atoms with Crippen molar-refractivity contribution in [2.24, 2.45) is 0 Å². The number of rotatable bonds is 3. The Morgan fingerprint density at radius 2 is 1.41 bits per heavy atom. The molecule has 3 aromatic rings. The molecule has 0 radical (unpaired) electrons. The lowest BCUT2D eigenvalue weighted by Gasteiger charge is -2.01. The van der Waals surface area contributed by atoms with E-state index < -0.39 is 0 Å². The largest absolute Gasteiger partial charge is 0.427 e. The molecule has 2 aromatic carbocycles. The first-order valence-corrected chi connectivity index (χ1v) is 6.81. The zero-order chi connectivity index (χ0) is 15.5. The molecule has 0 aliphatic carbocycles. The maximum atomic E-state index is 10.9. The fraction of sp³-hybridized carbons (Fsp3) is 0.118. The number of aryl methyl sites for hydroxylation is 1. The third-order valence-electron chi connectivity index (χ3n) is 3.09. The highest BCUT2D eigenvalue weighted by molar-refractivity contribution is 5.69. The lowest BCUT2D eigenvalue weighted by Crippen LogP contribution is -2.00. The van der Waals surface area contributed by atoms with Crippen LogP contribution in [0.1, 0.15) is 12.5 Å². The standard InChI is InChI=1S/C17H14N2O3/c1-11-3-5-13(6-4-11)16-18-19-17(22-16)14-7-9-15(10-8-14)21-12(2)20/h3-10H,1-2H3. The van der Waals surface area contributed by atoms with Crippen molar-refractivity contribution in [3.05, 3.63) is 54.1 Å². The zero-order valence-electron chi connectivity index (χ0n) is 12.2. The van der Waals surface area contributed by atoms with Gasteiger partial charge in [0.05, 0.1) is 0 Å². The molecule has 5 heteroatoms. The van der Waals surface area contributed by atoms with E-state index in [1.54, 1.807) is 24.3 Å². The molecule has 0 fully saturated rings. The van der Waals surface area contributed by atoms with E-state index in [2.05, 4.69) is 10.2 Å². The average Bonchev–Trinajstić information content (AvgIpc) is 2.98. The number of aromatic nitrogens is 2. The highest BCUT2D eigenvalue weighted by atomic mass is 16.5. The van der Waals surface area contributed by atoms with Gasteiger partial charge in [0.1, 0.15) is 5.75 Å². The van der Waals surface area contributed by atoms with Gasteiger partial charge in [-0.2, -0.15) is 0 Å². The molecule has 0 aliphatic rings. The molecule has 5 nitrogen and oxygen atoms in total. The van der Waals surface area contributed by atoms with Crippen molar-refractivity contribution >= 4 is 5.97 Å². The van der Waals surface area contributed by atoms with Crippen LogP contribution in [0.15, 0.2) is 52.9 Å². The van der Waals surface area contributed by atoms with Gasteiger partial charge in [0.2, 0.25) is 11.8 Å². The lowest BCUT2D eigenvalue weighted by atomic mass is 10.1. The first kappa shape index (κ1) is 14.0. The Morgan fingerprint density at radius 3 is 1.91 bits per heavy atom. The second-order valence-electron chi connectivity index (χ2n) is 4.90. The number of ether oxygens (including phenoxy) is 1. The molecule has 0 amide bonds. The van der Waals surface area contributed by atoms with Crippen molar-refractivity contribution in [1.29, 1.82) is 0 Å². The number of esters is 1. The molecule has 0 spiro atoms. The van der Waals surface area contributed by atoms with E-state index in [0.717, 1.165) is 11.1 Å². The molecule has 0 saturated carbocycles. The molecule has 0 bridgehead atoms. The minimum Gasteiger partial charge on any atom is -0.427 e. The molecule has 1 heterocycles. The van der Waals surface area contributed by atoms with E-state index in [-0.39, 0.29) is 5.97 Å². The van der Waals surface area contributed by atoms with Crippen LogP contribution in [0.2, 0.25) is 0 Å². The summed E-state index contributed by atoms with van der Waals surface area (Å²) in [5.41, 5.74) is 2.81. The second kappa shape index (κ2) is 5.81. The van der Waals surface area contributed by atoms with Crippen LogP contribution in [0.4, 0.5) is 0 Å². The van der Waals surface area contributed by atoms with Gasteiger partial charge < -0.3 is 9.15 Å². The summed E-state index contributed by atoms with van der Waals surface area (Å²) in [6.07, 6.45) is 0. The first-order valence-electron chi connectivity index (χ1n) is 6.81. The Balaban J connectivity index is 1.84. The number of nitrogens with zero attached hydrogens (tertiary/aromatic N) is 2. The third-order valence-corrected chi connectivity index (χ3v) is 3.09. The number of carbonyl (C=O) groups excluding carboxylic acids is 1. The van der Waals surface area contributed by atoms with Gasteiger partial charge in [0.25, 0.3) is 0 Å². The van der Waals surface area contributed by atoms with Gasteiger partial charge in [-0.3, -0.25) is 4.79 Å². The van der Waals surface area contributed by atoms with Crippen molar-refractivity contribution in [2.75, 3.05) is 0 Å². The third kappa shape index (κ3) is 3.03. The molecule has 22 heavy (non-hydrogen) atoms. The van der Waals surface area contributed by atoms with Crippen molar-refractivity contribution in [3.63, 3.8) is 0 Å². The summed E-state index contributed by atoms with van der Waals surface area (Å²) in [5, 5.41) is 8.11. The predicted octanol–water partition coefficient (Wildman–Crippen LogP) is 3.64. The van der Waals surface area contributed by atoms with Gasteiger partial charge in [-0.1, -0.05) is 17.7 Å². The number of hydrogen-bond acceptors (Lipinski definition) is 5. The van der Waals surface area contributed by atoms with Gasteiger partial charge in [-0.25, -0.2) is 0 Å². The average molecular weight is 294 g/mol. The number of benzene rings is 2. The minimum absolute atomic E-state index is 0.354. The molecule has 3 rings (SSSR count). The van der Waals surface area contributed by atoms with Crippen LogP contribution in [0.25, 0.3) is 22.9 Å². The molecule has 1 aromatic heterocycles. The molecule has 0 saturated heterocycles. The summed E-state index contributed by atoms with van der Waals surface area (Å²) < 4.78 is 10.7. The number of carbonyl (C=O) groups is 1. The molecule has 0 atom stereocenters. The quantitative estimate of drug-likeness (QED) is 0.545. The lowest BCUT2D eigenvalue weighted by molar-refractivity contribution is -0.131. The van der Waals surface area contributed by atoms with Gasteiger partial charge in [0.15, 0.2) is 0 Å². The summed E-state index contributed by atoms with van der Waals surface area (Å²) in [6, 6.07) is 14.8. The summed E-state index contributed by atoms with van der Waals surface area (Å²) in [5.74, 6) is 1.02. The Morgan fingerprint density at radius 1 is 0.909 bits per heavy atom. The van der Waals surface area contributed by atoms with Crippen LogP contribution in [0.3, 0.4) is 0 Å². The van der Waals surface area contributed by atoms with Gasteiger partial charge in [-0.15, -0.1) is 10.2 Å². The monoisotopic (exact) mass is 294 g/mol. The predicted molar refractivity (Wildman–Crippen MR) is 81.2 cm³/mol. The van der Waals surface area contributed by atoms with Crippen LogP contribution in [0, 0.1) is 6.92 Å². The summed E-state index contributed by atoms with van der Waals surface area (Å²) >= 11 is 0. The van der Waals surface area contributed by atoms with Gasteiger partial charge in [0, 0.05) is 18.1 Å². The molecule has 0 aliphatic heterocycles. The Bertz CT molecular complexity index is 790. The molecule has 0 N–H and O–H groups in total. The van der Waals surface area contributed by atoms with Crippen LogP contribution in [0.5, 0.6) is 5.75 Å². The van der Waals surface area contributed by atoms with Crippen LogP contribution in [-0.2, 0) is 4.79 Å². The van der Waals surface area contributed by atoms with Crippen LogP contribution < -0.4 is 4.74 Å². The smallest absolute Gasteiger partial charge is 0.308 e. The maximum Gasteiger partial charge on any atom is 0.308 e. The Kier molecular flexibility index (Phi) is 3.70. The maximum absolute atomic E-state index is 10.9. The van der Waals surface area contributed by atoms with E-state index in [1.807, 2.05) is 31.2 Å². The van der Waals surface area contributed by atoms with Crippen molar-refractivity contribution in [1.82, 2.24) is 10.2 Å². The zero-order valence-corrected chi connectivity index (χ0v) is 12.2. The SMILES string of the molecule is CC(=O)Oc1ccc(-c2nnc(-c3ccc(C)cc3)o2)cc1. The fourth-order valence-electron chi connectivity index (χ4n) is 1.98. The highest BCUT2D eigenvalue weighted by Crippen LogP contribution is 2.25. The van der Waals surface area contributed by atoms with Gasteiger partial charge in [-0.05, 0) is 43.3 Å². The van der Waals surface area contributed by atoms with Crippen LogP contribution in [-0.4, -0.2) is 16.2 Å². The van der Waals surface area contributed by atoms with E-state index in [4.69, 9.17) is 9.15 Å². The minimum atomic E-state index is -0.354. The summed E-state index contributed by atoms with van der Waals surface area (Å²) in [4.78, 5) is 10.9. The Hall–Kier alpha value is -2.95. The van der Waals surface area contributed by atoms with E-state index in [9.17, 15) is 4.79 Å². The van der Waals surface area contributed by atoms with Gasteiger partial charge >= 0.3 is 5.97 Å². The Labute approximate surface area is 127 Å². The van der Waals surface area contributed by atoms with Crippen molar-refractivity contribution in [2.45, 2.75) is 13.8 Å². The van der Waals surface area contributed by atoms with E-state index in [1.165, 1.54) is 12.5 Å². The second-order valence-corrected chi connectivity index (χ2v) is 4.90. The van der Waals surface area contributed by atoms with Crippen molar-refractivity contribution < 1.29 is 13.9 Å². The summed E-state index contributed by atoms with van der Waals surface area (Å²) in [7, 11) is 0. The van der Waals surface area contributed by atoms with E-state index >= 15 is 0 Å². The molecular formula is C17H14N2O3. The molecule has 0 unspecified atom stereocenters. The molecular weight excluding hydrogens is 280 g/mol. The summed E-state index contributed by atoms with van der Waals surface area (Å²) in [6.45, 7) is 3.38. The fourth-order valence-corrected chi connectivity index (χ4v) is 1.98. The molecule has 110 valence electrons. The topological polar surface area (TPSA) is 65.2 Å². The first-order chi connectivity index (χ1) is 10.6.